The molecule has 0 radical (unpaired) electrons. The van der Waals surface area contributed by atoms with Crippen LogP contribution < -0.4 is 20.2 Å². The fourth-order valence-corrected chi connectivity index (χ4v) is 7.13. The Kier molecular flexibility index (Phi) is 7.33. The summed E-state index contributed by atoms with van der Waals surface area (Å²) in [5.41, 5.74) is 4.80. The quantitative estimate of drug-likeness (QED) is 0.314. The smallest absolute Gasteiger partial charge is 0.361 e. The van der Waals surface area contributed by atoms with E-state index in [2.05, 4.69) is 82.2 Å². The van der Waals surface area contributed by atoms with Crippen LogP contribution in [0.1, 0.15) is 55.5 Å². The lowest BCUT2D eigenvalue weighted by Crippen LogP contribution is -2.40. The summed E-state index contributed by atoms with van der Waals surface area (Å²) < 4.78 is 8.29. The number of anilines is 2. The maximum atomic E-state index is 11.8. The predicted octanol–water partition coefficient (Wildman–Crippen LogP) is 4.20. The highest BCUT2D eigenvalue weighted by Gasteiger charge is 2.44. The van der Waals surface area contributed by atoms with E-state index in [1.165, 1.54) is 40.4 Å². The zero-order valence-corrected chi connectivity index (χ0v) is 25.6. The van der Waals surface area contributed by atoms with Crippen LogP contribution in [0.15, 0.2) is 47.5 Å². The highest BCUT2D eigenvalue weighted by molar-refractivity contribution is 5.97. The van der Waals surface area contributed by atoms with Crippen LogP contribution in [0.5, 0.6) is 6.01 Å². The number of aromatic amines is 1. The number of ether oxygens (including phenoxy) is 1. The summed E-state index contributed by atoms with van der Waals surface area (Å²) in [5.74, 6) is 0.983. The van der Waals surface area contributed by atoms with E-state index in [-0.39, 0.29) is 17.1 Å². The van der Waals surface area contributed by atoms with Crippen LogP contribution in [0.2, 0.25) is 0 Å². The number of benzene rings is 2. The molecule has 10 heteroatoms. The van der Waals surface area contributed by atoms with E-state index >= 15 is 0 Å². The van der Waals surface area contributed by atoms with Crippen molar-refractivity contribution in [2.24, 2.45) is 5.41 Å². The summed E-state index contributed by atoms with van der Waals surface area (Å²) in [6.45, 7) is 7.16. The summed E-state index contributed by atoms with van der Waals surface area (Å²) in [5, 5.41) is 5.48. The monoisotopic (exact) mass is 582 g/mol. The Bertz CT molecular complexity index is 1670. The Morgan fingerprint density at radius 3 is 2.67 bits per heavy atom. The zero-order chi connectivity index (χ0) is 29.6. The molecule has 4 heterocycles. The molecule has 2 aromatic heterocycles. The average molecular weight is 583 g/mol. The molecule has 2 fully saturated rings. The molecule has 43 heavy (non-hydrogen) atoms. The lowest BCUT2D eigenvalue weighted by molar-refractivity contribution is 0.182. The van der Waals surface area contributed by atoms with Crippen molar-refractivity contribution in [3.63, 3.8) is 0 Å². The van der Waals surface area contributed by atoms with Crippen LogP contribution in [-0.2, 0) is 19.4 Å². The van der Waals surface area contributed by atoms with E-state index in [4.69, 9.17) is 14.7 Å². The summed E-state index contributed by atoms with van der Waals surface area (Å²) in [7, 11) is 4.25. The Balaban J connectivity index is 1.23. The molecule has 226 valence electrons. The molecule has 10 nitrogen and oxygen atoms in total. The highest BCUT2D eigenvalue weighted by Crippen LogP contribution is 2.46. The Morgan fingerprint density at radius 1 is 1.09 bits per heavy atom. The van der Waals surface area contributed by atoms with E-state index in [1.54, 1.807) is 6.33 Å². The molecule has 1 aliphatic carbocycles. The van der Waals surface area contributed by atoms with Gasteiger partial charge in [-0.05, 0) is 69.6 Å². The number of hydrogen-bond acceptors (Lipinski definition) is 8. The van der Waals surface area contributed by atoms with Gasteiger partial charge >= 0.3 is 11.7 Å². The van der Waals surface area contributed by atoms with E-state index in [9.17, 15) is 4.79 Å². The predicted molar refractivity (Wildman–Crippen MR) is 169 cm³/mol. The fraction of sp³-hybridized carbons (Fsp3) is 0.515. The van der Waals surface area contributed by atoms with Crippen molar-refractivity contribution < 1.29 is 4.74 Å². The molecule has 1 saturated heterocycles. The third kappa shape index (κ3) is 5.60. The van der Waals surface area contributed by atoms with Gasteiger partial charge in [-0.3, -0.25) is 4.68 Å². The van der Waals surface area contributed by atoms with E-state index < -0.39 is 0 Å². The van der Waals surface area contributed by atoms with Gasteiger partial charge in [-0.2, -0.15) is 15.0 Å². The van der Waals surface area contributed by atoms with E-state index in [0.29, 0.717) is 19.2 Å². The first-order valence-electron chi connectivity index (χ1n) is 15.7. The topological polar surface area (TPSA) is 95.4 Å². The number of aryl methyl sites for hydroxylation is 1. The summed E-state index contributed by atoms with van der Waals surface area (Å²) >= 11 is 0. The van der Waals surface area contributed by atoms with Gasteiger partial charge < -0.3 is 19.4 Å². The van der Waals surface area contributed by atoms with Crippen molar-refractivity contribution in [2.45, 2.75) is 58.0 Å². The molecule has 2 aromatic carbocycles. The molecule has 2 aliphatic heterocycles. The third-order valence-electron chi connectivity index (χ3n) is 9.44. The number of rotatable bonds is 9. The van der Waals surface area contributed by atoms with Crippen molar-refractivity contribution in [3.05, 3.63) is 70.0 Å². The number of H-pyrrole nitrogens is 1. The normalized spacial score (nSPS) is 19.6. The van der Waals surface area contributed by atoms with E-state index in [1.807, 2.05) is 4.68 Å². The Labute approximate surface area is 252 Å². The number of fused-ring (bicyclic) bond motifs is 2. The van der Waals surface area contributed by atoms with Crippen LogP contribution >= 0.6 is 0 Å². The van der Waals surface area contributed by atoms with Gasteiger partial charge in [0.25, 0.3) is 0 Å². The van der Waals surface area contributed by atoms with Crippen LogP contribution in [0.3, 0.4) is 0 Å². The van der Waals surface area contributed by atoms with Crippen LogP contribution in [0.25, 0.3) is 10.8 Å². The number of piperidine rings is 1. The summed E-state index contributed by atoms with van der Waals surface area (Å²) in [4.78, 5) is 32.9. The molecule has 0 amide bonds. The van der Waals surface area contributed by atoms with Crippen molar-refractivity contribution in [1.82, 2.24) is 29.6 Å². The van der Waals surface area contributed by atoms with Crippen LogP contribution in [-0.4, -0.2) is 76.5 Å². The van der Waals surface area contributed by atoms with Crippen LogP contribution in [0, 0.1) is 5.41 Å². The lowest BCUT2D eigenvalue weighted by Gasteiger charge is -2.37. The molecule has 0 spiro atoms. The van der Waals surface area contributed by atoms with Gasteiger partial charge in [0.2, 0.25) is 0 Å². The molecule has 1 atom stereocenters. The maximum Gasteiger partial charge on any atom is 0.361 e. The number of nitrogens with zero attached hydrogens (tertiary/aromatic N) is 7. The molecular weight excluding hydrogens is 540 g/mol. The first-order valence-corrected chi connectivity index (χ1v) is 15.7. The lowest BCUT2D eigenvalue weighted by atomic mass is 9.98. The standard InChI is InChI=1S/C33H42N8O2/c1-4-23-8-5-9-24-10-6-12-28(29(23)24)39-17-13-26-27(19-39)35-32(43-21-33(14-15-33)20-38(2)3)36-30(26)40-16-7-11-25(18-40)41-22-34-31(42)37-41/h5-6,8-10,12,22,25H,4,7,11,13-21H2,1-3H3,(H,37,42). The SMILES string of the molecule is CCc1cccc2cccc(N3CCc4c(nc(OCC5(CN(C)C)CC5)nc4N4CCCC(n5cnc(=O)[nH]5)C4)C3)c12. The Morgan fingerprint density at radius 2 is 1.93 bits per heavy atom. The van der Waals surface area contributed by atoms with E-state index in [0.717, 1.165) is 63.4 Å². The number of nitrogens with one attached hydrogen (secondary N) is 1. The molecule has 1 unspecified atom stereocenters. The fourth-order valence-electron chi connectivity index (χ4n) is 7.13. The second-order valence-electron chi connectivity index (χ2n) is 12.9. The molecule has 7 rings (SSSR count). The van der Waals surface area contributed by atoms with Gasteiger partial charge in [0, 0.05) is 48.2 Å². The van der Waals surface area contributed by atoms with Crippen molar-refractivity contribution in [1.29, 1.82) is 0 Å². The second kappa shape index (κ2) is 11.3. The second-order valence-corrected chi connectivity index (χ2v) is 12.9. The number of hydrogen-bond donors (Lipinski definition) is 1. The third-order valence-corrected chi connectivity index (χ3v) is 9.44. The molecule has 1 saturated carbocycles. The van der Waals surface area contributed by atoms with Gasteiger partial charge in [0.1, 0.15) is 12.1 Å². The molecule has 1 N–H and O–H groups in total. The highest BCUT2D eigenvalue weighted by atomic mass is 16.5. The van der Waals surface area contributed by atoms with Gasteiger partial charge in [-0.15, -0.1) is 0 Å². The Hall–Kier alpha value is -3.92. The molecule has 0 bridgehead atoms. The summed E-state index contributed by atoms with van der Waals surface area (Å²) in [6, 6.07) is 13.9. The first-order chi connectivity index (χ1) is 20.9. The molecular formula is C33H42N8O2. The molecule has 4 aromatic rings. The minimum absolute atomic E-state index is 0.136. The number of aromatic nitrogens is 5. The van der Waals surface area contributed by atoms with Crippen molar-refractivity contribution >= 4 is 22.3 Å². The van der Waals surface area contributed by atoms with Gasteiger partial charge in [0.15, 0.2) is 0 Å². The minimum atomic E-state index is -0.307. The first kappa shape index (κ1) is 27.9. The van der Waals surface area contributed by atoms with Crippen molar-refractivity contribution in [2.75, 3.05) is 56.7 Å². The molecule has 3 aliphatic rings. The maximum absolute atomic E-state index is 11.8. The summed E-state index contributed by atoms with van der Waals surface area (Å²) in [6.07, 6.45) is 7.82. The van der Waals surface area contributed by atoms with Crippen LogP contribution in [0.4, 0.5) is 11.5 Å². The minimum Gasteiger partial charge on any atom is -0.463 e. The zero-order valence-electron chi connectivity index (χ0n) is 25.6. The van der Waals surface area contributed by atoms with Gasteiger partial charge in [-0.25, -0.2) is 9.89 Å². The van der Waals surface area contributed by atoms with Crippen molar-refractivity contribution in [3.8, 4) is 6.01 Å². The van der Waals surface area contributed by atoms with Gasteiger partial charge in [0.05, 0.1) is 24.9 Å². The van der Waals surface area contributed by atoms with Gasteiger partial charge in [-0.1, -0.05) is 37.3 Å². The average Bonchev–Trinajstić information content (AvgIpc) is 3.64. The largest absolute Gasteiger partial charge is 0.463 e.